The van der Waals surface area contributed by atoms with E-state index in [0.717, 1.165) is 58.3 Å². The monoisotopic (exact) mass is 506 g/mol. The predicted molar refractivity (Wildman–Crippen MR) is 159 cm³/mol. The Morgan fingerprint density at radius 3 is 1.28 bits per heavy atom. The van der Waals surface area contributed by atoms with Crippen LogP contribution in [0.2, 0.25) is 0 Å². The number of nitrogens with zero attached hydrogens (tertiary/aromatic N) is 2. The van der Waals surface area contributed by atoms with E-state index in [0.29, 0.717) is 11.8 Å². The fourth-order valence-corrected chi connectivity index (χ4v) is 4.19. The quantitative estimate of drug-likeness (QED) is 0.102. The molecule has 0 aromatic rings. The summed E-state index contributed by atoms with van der Waals surface area (Å²) < 4.78 is 0. The van der Waals surface area contributed by atoms with Crippen molar-refractivity contribution in [3.05, 3.63) is 24.8 Å². The van der Waals surface area contributed by atoms with Crippen molar-refractivity contribution in [3.8, 4) is 0 Å². The highest BCUT2D eigenvalue weighted by Gasteiger charge is 2.08. The topological polar surface area (TPSA) is 40.6 Å². The van der Waals surface area contributed by atoms with Gasteiger partial charge >= 0.3 is 0 Å². The second-order valence-electron chi connectivity index (χ2n) is 9.65. The summed E-state index contributed by atoms with van der Waals surface area (Å²) in [6, 6.07) is 0. The molecule has 0 saturated heterocycles. The minimum Gasteiger partial charge on any atom is -0.343 e. The Kier molecular flexibility index (Phi) is 30.1. The first-order valence-corrected chi connectivity index (χ1v) is 15.3. The van der Waals surface area contributed by atoms with Gasteiger partial charge < -0.3 is 9.80 Å². The first-order valence-electron chi connectivity index (χ1n) is 15.3. The summed E-state index contributed by atoms with van der Waals surface area (Å²) in [5.74, 6) is 0.643. The lowest BCUT2D eigenvalue weighted by molar-refractivity contribution is -0.131. The van der Waals surface area contributed by atoms with Gasteiger partial charge in [0.25, 0.3) is 0 Å². The van der Waals surface area contributed by atoms with E-state index in [2.05, 4.69) is 39.5 Å². The maximum atomic E-state index is 11.8. The smallest absolute Gasteiger partial charge is 0.222 e. The Bertz CT molecular complexity index is 522. The van der Waals surface area contributed by atoms with Crippen molar-refractivity contribution in [1.82, 2.24) is 9.80 Å². The van der Waals surface area contributed by atoms with Crippen molar-refractivity contribution in [2.75, 3.05) is 26.2 Å². The van der Waals surface area contributed by atoms with Crippen LogP contribution in [0, 0.1) is 0 Å². The zero-order valence-electron chi connectivity index (χ0n) is 25.0. The SMILES string of the molecule is C=CCCCCCCCC(=O)N(CC)CC.CCCC/C=C/CCCCCCCC(=O)N(CC)CC. The van der Waals surface area contributed by atoms with E-state index in [-0.39, 0.29) is 0 Å². The molecule has 4 nitrogen and oxygen atoms in total. The van der Waals surface area contributed by atoms with Crippen molar-refractivity contribution in [3.63, 3.8) is 0 Å². The molecule has 0 spiro atoms. The number of amides is 2. The molecule has 0 fully saturated rings. The Morgan fingerprint density at radius 1 is 0.528 bits per heavy atom. The molecule has 0 N–H and O–H groups in total. The molecule has 0 aromatic heterocycles. The summed E-state index contributed by atoms with van der Waals surface area (Å²) in [5.41, 5.74) is 0. The summed E-state index contributed by atoms with van der Waals surface area (Å²) in [4.78, 5) is 27.3. The summed E-state index contributed by atoms with van der Waals surface area (Å²) in [6.07, 6.45) is 26.4. The summed E-state index contributed by atoms with van der Waals surface area (Å²) in [7, 11) is 0. The molecule has 36 heavy (non-hydrogen) atoms. The van der Waals surface area contributed by atoms with Gasteiger partial charge in [0.1, 0.15) is 0 Å². The first kappa shape index (κ1) is 36.6. The molecule has 4 heteroatoms. The van der Waals surface area contributed by atoms with Crippen LogP contribution in [0.25, 0.3) is 0 Å². The maximum absolute atomic E-state index is 11.8. The van der Waals surface area contributed by atoms with E-state index in [4.69, 9.17) is 0 Å². The second kappa shape index (κ2) is 29.6. The highest BCUT2D eigenvalue weighted by Crippen LogP contribution is 2.10. The minimum absolute atomic E-state index is 0.316. The van der Waals surface area contributed by atoms with Gasteiger partial charge in [-0.15, -0.1) is 6.58 Å². The summed E-state index contributed by atoms with van der Waals surface area (Å²) in [6.45, 7) is 17.5. The van der Waals surface area contributed by atoms with Crippen molar-refractivity contribution in [2.24, 2.45) is 0 Å². The predicted octanol–water partition coefficient (Wildman–Crippen LogP) is 9.10. The highest BCUT2D eigenvalue weighted by molar-refractivity contribution is 5.76. The molecule has 0 atom stereocenters. The van der Waals surface area contributed by atoms with E-state index < -0.39 is 0 Å². The summed E-state index contributed by atoms with van der Waals surface area (Å²) in [5, 5.41) is 0. The van der Waals surface area contributed by atoms with Crippen LogP contribution in [0.5, 0.6) is 0 Å². The van der Waals surface area contributed by atoms with Gasteiger partial charge in [-0.05, 0) is 72.6 Å². The van der Waals surface area contributed by atoms with Gasteiger partial charge in [0.15, 0.2) is 0 Å². The Hall–Kier alpha value is -1.58. The van der Waals surface area contributed by atoms with Crippen LogP contribution in [-0.4, -0.2) is 47.8 Å². The molecular weight excluding hydrogens is 444 g/mol. The molecule has 0 radical (unpaired) electrons. The number of allylic oxidation sites excluding steroid dienone is 3. The van der Waals surface area contributed by atoms with E-state index in [1.54, 1.807) is 0 Å². The van der Waals surface area contributed by atoms with Crippen molar-refractivity contribution >= 4 is 11.8 Å². The van der Waals surface area contributed by atoms with Gasteiger partial charge in [-0.2, -0.15) is 0 Å². The zero-order valence-corrected chi connectivity index (χ0v) is 25.0. The van der Waals surface area contributed by atoms with Gasteiger partial charge in [-0.25, -0.2) is 0 Å². The molecule has 0 aliphatic rings. The zero-order chi connectivity index (χ0) is 27.3. The lowest BCUT2D eigenvalue weighted by Crippen LogP contribution is -2.30. The molecule has 0 bridgehead atoms. The van der Waals surface area contributed by atoms with E-state index in [1.165, 1.54) is 77.0 Å². The van der Waals surface area contributed by atoms with Crippen LogP contribution in [0.15, 0.2) is 24.8 Å². The number of hydrogen-bond acceptors (Lipinski definition) is 2. The van der Waals surface area contributed by atoms with Crippen molar-refractivity contribution in [1.29, 1.82) is 0 Å². The normalized spacial score (nSPS) is 10.7. The van der Waals surface area contributed by atoms with Crippen LogP contribution < -0.4 is 0 Å². The molecule has 2 amide bonds. The highest BCUT2D eigenvalue weighted by atomic mass is 16.2. The van der Waals surface area contributed by atoms with Gasteiger partial charge in [0.05, 0.1) is 0 Å². The molecule has 0 aliphatic heterocycles. The van der Waals surface area contributed by atoms with Crippen molar-refractivity contribution < 1.29 is 9.59 Å². The molecule has 0 rings (SSSR count). The van der Waals surface area contributed by atoms with Gasteiger partial charge in [-0.1, -0.05) is 76.5 Å². The number of carbonyl (C=O) groups is 2. The molecule has 0 heterocycles. The number of hydrogen-bond donors (Lipinski definition) is 0. The van der Waals surface area contributed by atoms with Gasteiger partial charge in [0, 0.05) is 39.0 Å². The third-order valence-corrected chi connectivity index (χ3v) is 6.68. The molecule has 0 aromatic carbocycles. The second-order valence-corrected chi connectivity index (χ2v) is 9.65. The Balaban J connectivity index is 0. The Labute approximate surface area is 226 Å². The van der Waals surface area contributed by atoms with Gasteiger partial charge in [0.2, 0.25) is 11.8 Å². The fraction of sp³-hybridized carbons (Fsp3) is 0.812. The standard InChI is InChI=1S/C18H35NO.C14H27NO/c1-4-7-8-9-10-11-12-13-14-15-16-17-18(20)19(5-2)6-3;1-4-7-8-9-10-11-12-13-14(16)15(5-2)6-3/h9-10H,4-8,11-17H2,1-3H3;4H,1,5-13H2,2-3H3/b10-9+;. The Morgan fingerprint density at radius 2 is 0.889 bits per heavy atom. The van der Waals surface area contributed by atoms with Gasteiger partial charge in [-0.3, -0.25) is 9.59 Å². The van der Waals surface area contributed by atoms with Crippen LogP contribution >= 0.6 is 0 Å². The van der Waals surface area contributed by atoms with E-state index in [1.807, 2.05) is 29.7 Å². The fourth-order valence-electron chi connectivity index (χ4n) is 4.19. The molecule has 0 saturated carbocycles. The average molecular weight is 507 g/mol. The van der Waals surface area contributed by atoms with Crippen LogP contribution in [0.3, 0.4) is 0 Å². The summed E-state index contributed by atoms with van der Waals surface area (Å²) >= 11 is 0. The molecule has 0 aliphatic carbocycles. The molecular formula is C32H62N2O2. The van der Waals surface area contributed by atoms with Crippen LogP contribution in [0.1, 0.15) is 144 Å². The largest absolute Gasteiger partial charge is 0.343 e. The number of rotatable bonds is 23. The lowest BCUT2D eigenvalue weighted by atomic mass is 10.1. The molecule has 0 unspecified atom stereocenters. The third-order valence-electron chi connectivity index (χ3n) is 6.68. The van der Waals surface area contributed by atoms with E-state index >= 15 is 0 Å². The minimum atomic E-state index is 0.316. The number of carbonyl (C=O) groups excluding carboxylic acids is 2. The van der Waals surface area contributed by atoms with Crippen LogP contribution in [-0.2, 0) is 9.59 Å². The van der Waals surface area contributed by atoms with Crippen LogP contribution in [0.4, 0.5) is 0 Å². The molecule has 212 valence electrons. The van der Waals surface area contributed by atoms with Crippen molar-refractivity contribution in [2.45, 2.75) is 144 Å². The average Bonchev–Trinajstić information content (AvgIpc) is 2.88. The maximum Gasteiger partial charge on any atom is 0.222 e. The third kappa shape index (κ3) is 24.1. The lowest BCUT2D eigenvalue weighted by Gasteiger charge is -2.18. The first-order chi connectivity index (χ1) is 17.5. The number of unbranched alkanes of at least 4 members (excludes halogenated alkanes) is 12. The van der Waals surface area contributed by atoms with E-state index in [9.17, 15) is 9.59 Å².